The zero-order chi connectivity index (χ0) is 8.10. The number of piperazine rings is 1. The van der Waals surface area contributed by atoms with Gasteiger partial charge in [-0.1, -0.05) is 6.58 Å². The molecule has 2 N–H and O–H groups in total. The molecule has 1 fully saturated rings. The van der Waals surface area contributed by atoms with E-state index in [1.54, 1.807) is 0 Å². The Morgan fingerprint density at radius 3 is 3.00 bits per heavy atom. The van der Waals surface area contributed by atoms with Crippen molar-refractivity contribution in [3.05, 3.63) is 12.3 Å². The maximum Gasteiger partial charge on any atom is 0.104 e. The predicted octanol–water partition coefficient (Wildman–Crippen LogP) is 0.0980. The SMILES string of the molecule is C=C(C)OC[C@H]1CNCCN1. The minimum absolute atomic E-state index is 0.445. The summed E-state index contributed by atoms with van der Waals surface area (Å²) < 4.78 is 5.28. The van der Waals surface area contributed by atoms with Gasteiger partial charge in [0.05, 0.1) is 11.8 Å². The summed E-state index contributed by atoms with van der Waals surface area (Å²) in [5.41, 5.74) is 0. The summed E-state index contributed by atoms with van der Waals surface area (Å²) in [6, 6.07) is 0.445. The van der Waals surface area contributed by atoms with Crippen molar-refractivity contribution in [1.29, 1.82) is 0 Å². The molecule has 64 valence electrons. The maximum atomic E-state index is 5.28. The van der Waals surface area contributed by atoms with E-state index in [-0.39, 0.29) is 0 Å². The van der Waals surface area contributed by atoms with Gasteiger partial charge < -0.3 is 15.4 Å². The Balaban J connectivity index is 2.09. The number of hydrogen-bond donors (Lipinski definition) is 2. The third-order valence-electron chi connectivity index (χ3n) is 1.66. The van der Waals surface area contributed by atoms with Crippen molar-refractivity contribution >= 4 is 0 Å². The molecule has 11 heavy (non-hydrogen) atoms. The smallest absolute Gasteiger partial charge is 0.104 e. The van der Waals surface area contributed by atoms with Gasteiger partial charge in [-0.25, -0.2) is 0 Å². The van der Waals surface area contributed by atoms with Crippen LogP contribution in [0.15, 0.2) is 12.3 Å². The molecule has 1 aliphatic rings. The summed E-state index contributed by atoms with van der Waals surface area (Å²) in [6.07, 6.45) is 0. The van der Waals surface area contributed by atoms with Crippen LogP contribution in [0.4, 0.5) is 0 Å². The van der Waals surface area contributed by atoms with E-state index in [9.17, 15) is 0 Å². The standard InChI is InChI=1S/C8H16N2O/c1-7(2)11-6-8-5-9-3-4-10-8/h8-10H,1,3-6H2,2H3/t8-/m1/s1. The van der Waals surface area contributed by atoms with Crippen LogP contribution >= 0.6 is 0 Å². The second-order valence-corrected chi connectivity index (χ2v) is 2.87. The second kappa shape index (κ2) is 4.36. The van der Waals surface area contributed by atoms with Gasteiger partial charge in [-0.15, -0.1) is 0 Å². The average molecular weight is 156 g/mol. The van der Waals surface area contributed by atoms with Crippen molar-refractivity contribution in [1.82, 2.24) is 10.6 Å². The molecule has 3 heteroatoms. The molecule has 0 radical (unpaired) electrons. The van der Waals surface area contributed by atoms with E-state index in [1.807, 2.05) is 6.92 Å². The van der Waals surface area contributed by atoms with Gasteiger partial charge in [0.25, 0.3) is 0 Å². The van der Waals surface area contributed by atoms with Crippen molar-refractivity contribution in [2.24, 2.45) is 0 Å². The van der Waals surface area contributed by atoms with Crippen molar-refractivity contribution in [3.63, 3.8) is 0 Å². The largest absolute Gasteiger partial charge is 0.497 e. The lowest BCUT2D eigenvalue weighted by Gasteiger charge is -2.24. The topological polar surface area (TPSA) is 33.3 Å². The molecule has 1 atom stereocenters. The quantitative estimate of drug-likeness (QED) is 0.568. The molecule has 1 aliphatic heterocycles. The van der Waals surface area contributed by atoms with Crippen LogP contribution in [0.25, 0.3) is 0 Å². The van der Waals surface area contributed by atoms with Crippen LogP contribution in [0.5, 0.6) is 0 Å². The highest BCUT2D eigenvalue weighted by molar-refractivity contribution is 4.79. The molecule has 0 aliphatic carbocycles. The molecular formula is C8H16N2O. The van der Waals surface area contributed by atoms with Gasteiger partial charge in [-0.2, -0.15) is 0 Å². The number of nitrogens with one attached hydrogen (secondary N) is 2. The summed E-state index contributed by atoms with van der Waals surface area (Å²) in [5.74, 6) is 0.789. The lowest BCUT2D eigenvalue weighted by Crippen LogP contribution is -2.50. The fraction of sp³-hybridized carbons (Fsp3) is 0.750. The van der Waals surface area contributed by atoms with E-state index in [0.717, 1.165) is 32.0 Å². The van der Waals surface area contributed by atoms with Crippen LogP contribution in [-0.2, 0) is 4.74 Å². The minimum atomic E-state index is 0.445. The Labute approximate surface area is 67.8 Å². The van der Waals surface area contributed by atoms with Crippen LogP contribution in [0.2, 0.25) is 0 Å². The van der Waals surface area contributed by atoms with Crippen LogP contribution in [0.1, 0.15) is 6.92 Å². The predicted molar refractivity (Wildman–Crippen MR) is 45.4 cm³/mol. The summed E-state index contributed by atoms with van der Waals surface area (Å²) in [4.78, 5) is 0. The lowest BCUT2D eigenvalue weighted by atomic mass is 10.2. The first kappa shape index (κ1) is 8.56. The molecule has 1 saturated heterocycles. The fourth-order valence-electron chi connectivity index (χ4n) is 1.07. The highest BCUT2D eigenvalue weighted by atomic mass is 16.5. The highest BCUT2D eigenvalue weighted by Crippen LogP contribution is 1.94. The highest BCUT2D eigenvalue weighted by Gasteiger charge is 2.11. The molecule has 1 heterocycles. The van der Waals surface area contributed by atoms with E-state index in [4.69, 9.17) is 4.74 Å². The molecule has 3 nitrogen and oxygen atoms in total. The molecule has 0 bridgehead atoms. The van der Waals surface area contributed by atoms with Gasteiger partial charge in [0, 0.05) is 19.6 Å². The molecule has 0 unspecified atom stereocenters. The molecule has 0 spiro atoms. The summed E-state index contributed by atoms with van der Waals surface area (Å²) >= 11 is 0. The molecule has 0 aromatic heterocycles. The van der Waals surface area contributed by atoms with Crippen molar-refractivity contribution in [2.45, 2.75) is 13.0 Å². The Bertz CT molecular complexity index is 130. The molecule has 1 rings (SSSR count). The normalized spacial score (nSPS) is 24.6. The number of allylic oxidation sites excluding steroid dienone is 1. The third-order valence-corrected chi connectivity index (χ3v) is 1.66. The van der Waals surface area contributed by atoms with E-state index in [1.165, 1.54) is 0 Å². The van der Waals surface area contributed by atoms with Crippen LogP contribution < -0.4 is 10.6 Å². The van der Waals surface area contributed by atoms with Gasteiger partial charge in [-0.3, -0.25) is 0 Å². The summed E-state index contributed by atoms with van der Waals surface area (Å²) in [5, 5.41) is 6.63. The van der Waals surface area contributed by atoms with E-state index < -0.39 is 0 Å². The molecule has 0 amide bonds. The van der Waals surface area contributed by atoms with Gasteiger partial charge in [0.1, 0.15) is 6.61 Å². The molecule has 0 aromatic rings. The number of rotatable bonds is 3. The zero-order valence-corrected chi connectivity index (χ0v) is 7.02. The Hall–Kier alpha value is -0.540. The number of hydrogen-bond acceptors (Lipinski definition) is 3. The lowest BCUT2D eigenvalue weighted by molar-refractivity contribution is 0.173. The van der Waals surface area contributed by atoms with Crippen molar-refractivity contribution in [3.8, 4) is 0 Å². The van der Waals surface area contributed by atoms with Crippen LogP contribution in [-0.4, -0.2) is 32.3 Å². The van der Waals surface area contributed by atoms with Crippen molar-refractivity contribution < 1.29 is 4.74 Å². The maximum absolute atomic E-state index is 5.28. The number of ether oxygens (including phenoxy) is 1. The Morgan fingerprint density at radius 1 is 1.64 bits per heavy atom. The first-order chi connectivity index (χ1) is 5.29. The third kappa shape index (κ3) is 3.39. The van der Waals surface area contributed by atoms with E-state index in [0.29, 0.717) is 6.04 Å². The minimum Gasteiger partial charge on any atom is -0.497 e. The molecule has 0 saturated carbocycles. The monoisotopic (exact) mass is 156 g/mol. The molecular weight excluding hydrogens is 140 g/mol. The Morgan fingerprint density at radius 2 is 2.45 bits per heavy atom. The van der Waals surface area contributed by atoms with E-state index >= 15 is 0 Å². The van der Waals surface area contributed by atoms with Crippen LogP contribution in [0.3, 0.4) is 0 Å². The summed E-state index contributed by atoms with van der Waals surface area (Å²) in [6.45, 7) is 9.35. The van der Waals surface area contributed by atoms with Crippen molar-refractivity contribution in [2.75, 3.05) is 26.2 Å². The first-order valence-corrected chi connectivity index (χ1v) is 4.01. The van der Waals surface area contributed by atoms with Gasteiger partial charge in [0.2, 0.25) is 0 Å². The first-order valence-electron chi connectivity index (χ1n) is 4.01. The van der Waals surface area contributed by atoms with Gasteiger partial charge in [-0.05, 0) is 6.92 Å². The average Bonchev–Trinajstić information content (AvgIpc) is 2.03. The Kier molecular flexibility index (Phi) is 3.39. The van der Waals surface area contributed by atoms with Gasteiger partial charge in [0.15, 0.2) is 0 Å². The fourth-order valence-corrected chi connectivity index (χ4v) is 1.07. The molecule has 0 aromatic carbocycles. The van der Waals surface area contributed by atoms with Gasteiger partial charge >= 0.3 is 0 Å². The summed E-state index contributed by atoms with van der Waals surface area (Å²) in [7, 11) is 0. The van der Waals surface area contributed by atoms with E-state index in [2.05, 4.69) is 17.2 Å². The zero-order valence-electron chi connectivity index (χ0n) is 7.02. The second-order valence-electron chi connectivity index (χ2n) is 2.87. The van der Waals surface area contributed by atoms with Crippen LogP contribution in [0, 0.1) is 0 Å².